The van der Waals surface area contributed by atoms with Crippen LogP contribution in [0.25, 0.3) is 82.3 Å². The lowest BCUT2D eigenvalue weighted by atomic mass is 10.0. The Kier molecular flexibility index (Phi) is 4.39. The van der Waals surface area contributed by atoms with E-state index in [1.165, 1.54) is 49.0 Å². The van der Waals surface area contributed by atoms with Crippen molar-refractivity contribution >= 4 is 70.9 Å². The van der Waals surface area contributed by atoms with Crippen molar-refractivity contribution < 1.29 is 0 Å². The summed E-state index contributed by atoms with van der Waals surface area (Å²) in [6, 6.07) is 41.7. The lowest BCUT2D eigenvalue weighted by Crippen LogP contribution is -1.95. The standard InChI is InChI=1S/C38H23N5/c1-3-9-24(10-4-1)42-33-14-8-7-13-27(33)30-20-36-31(21-35(30)42)29-19-28-26-15-16-39-23-32(26)38-40-17-18-41(38)34(28)22-37(29)43(36)25-11-5-2-6-12-25/h1-23H. The van der Waals surface area contributed by atoms with Crippen LogP contribution in [0.3, 0.4) is 0 Å². The number of hydrogen-bond donors (Lipinski definition) is 0. The summed E-state index contributed by atoms with van der Waals surface area (Å²) in [6.45, 7) is 0. The van der Waals surface area contributed by atoms with Gasteiger partial charge in [0, 0.05) is 68.5 Å². The highest BCUT2D eigenvalue weighted by molar-refractivity contribution is 6.23. The van der Waals surface area contributed by atoms with Crippen LogP contribution in [0.1, 0.15) is 0 Å². The molecule has 0 radical (unpaired) electrons. The molecule has 0 amide bonds. The van der Waals surface area contributed by atoms with Crippen LogP contribution in [0.5, 0.6) is 0 Å². The number of hydrogen-bond acceptors (Lipinski definition) is 2. The summed E-state index contributed by atoms with van der Waals surface area (Å²) in [5.41, 5.74) is 9.11. The summed E-state index contributed by atoms with van der Waals surface area (Å²) in [5.74, 6) is 0. The van der Waals surface area contributed by atoms with Gasteiger partial charge in [0.1, 0.15) is 5.65 Å². The smallest absolute Gasteiger partial charge is 0.146 e. The largest absolute Gasteiger partial charge is 0.309 e. The van der Waals surface area contributed by atoms with E-state index < -0.39 is 0 Å². The van der Waals surface area contributed by atoms with Crippen molar-refractivity contribution in [3.05, 3.63) is 140 Å². The van der Waals surface area contributed by atoms with Gasteiger partial charge in [-0.05, 0) is 66.0 Å². The predicted octanol–water partition coefficient (Wildman–Crippen LogP) is 9.23. The average molecular weight is 550 g/mol. The first-order chi connectivity index (χ1) is 21.3. The minimum absolute atomic E-state index is 0.923. The molecule has 43 heavy (non-hydrogen) atoms. The Morgan fingerprint density at radius 3 is 1.79 bits per heavy atom. The minimum atomic E-state index is 0.923. The molecule has 5 heteroatoms. The molecule has 10 aromatic rings. The maximum absolute atomic E-state index is 4.71. The van der Waals surface area contributed by atoms with E-state index in [-0.39, 0.29) is 0 Å². The molecule has 5 aromatic carbocycles. The third kappa shape index (κ3) is 3.00. The van der Waals surface area contributed by atoms with Crippen molar-refractivity contribution in [1.29, 1.82) is 0 Å². The van der Waals surface area contributed by atoms with Gasteiger partial charge in [-0.25, -0.2) is 4.98 Å². The van der Waals surface area contributed by atoms with Crippen LogP contribution in [0.15, 0.2) is 140 Å². The van der Waals surface area contributed by atoms with E-state index in [4.69, 9.17) is 4.98 Å². The van der Waals surface area contributed by atoms with Gasteiger partial charge in [0.2, 0.25) is 0 Å². The van der Waals surface area contributed by atoms with Crippen LogP contribution in [0.2, 0.25) is 0 Å². The van der Waals surface area contributed by atoms with Crippen LogP contribution in [-0.2, 0) is 0 Å². The first-order valence-corrected chi connectivity index (χ1v) is 14.5. The normalized spacial score (nSPS) is 12.2. The molecule has 200 valence electrons. The third-order valence-electron chi connectivity index (χ3n) is 8.96. The van der Waals surface area contributed by atoms with Gasteiger partial charge in [0.25, 0.3) is 0 Å². The van der Waals surface area contributed by atoms with Gasteiger partial charge in [-0.1, -0.05) is 54.6 Å². The number of aromatic nitrogens is 5. The first kappa shape index (κ1) is 22.7. The number of pyridine rings is 2. The Labute approximate surface area is 245 Å². The van der Waals surface area contributed by atoms with Gasteiger partial charge >= 0.3 is 0 Å². The summed E-state index contributed by atoms with van der Waals surface area (Å²) in [4.78, 5) is 9.15. The number of rotatable bonds is 2. The van der Waals surface area contributed by atoms with E-state index in [2.05, 4.69) is 140 Å². The van der Waals surface area contributed by atoms with Crippen LogP contribution >= 0.6 is 0 Å². The summed E-state index contributed by atoms with van der Waals surface area (Å²) in [5, 5.41) is 8.33. The Bertz CT molecular complexity index is 2710. The van der Waals surface area contributed by atoms with Crippen LogP contribution in [-0.4, -0.2) is 23.5 Å². The van der Waals surface area contributed by atoms with Gasteiger partial charge in [0.15, 0.2) is 0 Å². The molecular weight excluding hydrogens is 526 g/mol. The average Bonchev–Trinajstić information content (AvgIpc) is 3.77. The number of imidazole rings is 1. The van der Waals surface area contributed by atoms with E-state index in [9.17, 15) is 0 Å². The fourth-order valence-corrected chi connectivity index (χ4v) is 7.14. The van der Waals surface area contributed by atoms with Gasteiger partial charge in [-0.15, -0.1) is 0 Å². The molecule has 0 N–H and O–H groups in total. The van der Waals surface area contributed by atoms with Crippen LogP contribution in [0.4, 0.5) is 0 Å². The lowest BCUT2D eigenvalue weighted by Gasteiger charge is -2.11. The third-order valence-corrected chi connectivity index (χ3v) is 8.96. The van der Waals surface area contributed by atoms with Crippen molar-refractivity contribution in [2.75, 3.05) is 0 Å². The topological polar surface area (TPSA) is 40.1 Å². The second-order valence-corrected chi connectivity index (χ2v) is 11.2. The van der Waals surface area contributed by atoms with E-state index in [1.807, 2.05) is 18.6 Å². The zero-order valence-electron chi connectivity index (χ0n) is 23.0. The van der Waals surface area contributed by atoms with Crippen LogP contribution < -0.4 is 0 Å². The Hall–Kier alpha value is -5.94. The van der Waals surface area contributed by atoms with Gasteiger partial charge < -0.3 is 9.13 Å². The highest BCUT2D eigenvalue weighted by Crippen LogP contribution is 2.41. The quantitative estimate of drug-likeness (QED) is 0.202. The molecule has 5 heterocycles. The Balaban J connectivity index is 1.45. The van der Waals surface area contributed by atoms with E-state index in [0.29, 0.717) is 0 Å². The molecule has 10 rings (SSSR count). The molecule has 0 fully saturated rings. The van der Waals surface area contributed by atoms with E-state index in [1.54, 1.807) is 0 Å². The van der Waals surface area contributed by atoms with Crippen molar-refractivity contribution in [2.24, 2.45) is 0 Å². The second kappa shape index (κ2) is 8.30. The van der Waals surface area contributed by atoms with Crippen LogP contribution in [0, 0.1) is 0 Å². The molecule has 0 aliphatic rings. The van der Waals surface area contributed by atoms with E-state index >= 15 is 0 Å². The molecular formula is C38H23N5. The van der Waals surface area contributed by atoms with Crippen molar-refractivity contribution in [3.63, 3.8) is 0 Å². The highest BCUT2D eigenvalue weighted by Gasteiger charge is 2.20. The van der Waals surface area contributed by atoms with E-state index in [0.717, 1.165) is 33.3 Å². The number of fused-ring (bicyclic) bond motifs is 12. The Morgan fingerprint density at radius 1 is 0.419 bits per heavy atom. The molecule has 0 saturated heterocycles. The second-order valence-electron chi connectivity index (χ2n) is 11.2. The first-order valence-electron chi connectivity index (χ1n) is 14.5. The molecule has 0 aliphatic carbocycles. The number of nitrogens with zero attached hydrogens (tertiary/aromatic N) is 5. The molecule has 0 spiro atoms. The predicted molar refractivity (Wildman–Crippen MR) is 177 cm³/mol. The molecule has 0 bridgehead atoms. The lowest BCUT2D eigenvalue weighted by molar-refractivity contribution is 1.17. The zero-order valence-corrected chi connectivity index (χ0v) is 23.0. The summed E-state index contributed by atoms with van der Waals surface area (Å²) in [7, 11) is 0. The monoisotopic (exact) mass is 549 g/mol. The molecule has 0 saturated carbocycles. The molecule has 5 aromatic heterocycles. The zero-order chi connectivity index (χ0) is 28.1. The molecule has 5 nitrogen and oxygen atoms in total. The Morgan fingerprint density at radius 2 is 1.02 bits per heavy atom. The molecule has 0 aliphatic heterocycles. The fraction of sp³-hybridized carbons (Fsp3) is 0. The summed E-state index contributed by atoms with van der Waals surface area (Å²) >= 11 is 0. The SMILES string of the molecule is c1ccc(-n2c3ccccc3c3cc4c(cc32)c2cc3c5ccncc5c5nccn5c3cc2n4-c2ccccc2)cc1. The maximum atomic E-state index is 4.71. The maximum Gasteiger partial charge on any atom is 0.146 e. The minimum Gasteiger partial charge on any atom is -0.309 e. The van der Waals surface area contributed by atoms with Gasteiger partial charge in [-0.3, -0.25) is 9.38 Å². The van der Waals surface area contributed by atoms with Gasteiger partial charge in [0.05, 0.1) is 27.6 Å². The number of para-hydroxylation sites is 3. The number of benzene rings is 5. The highest BCUT2D eigenvalue weighted by atomic mass is 15.0. The van der Waals surface area contributed by atoms with Crippen molar-refractivity contribution in [1.82, 2.24) is 23.5 Å². The summed E-state index contributed by atoms with van der Waals surface area (Å²) < 4.78 is 7.00. The van der Waals surface area contributed by atoms with Crippen molar-refractivity contribution in [3.8, 4) is 11.4 Å². The fourth-order valence-electron chi connectivity index (χ4n) is 7.14. The summed E-state index contributed by atoms with van der Waals surface area (Å²) in [6.07, 6.45) is 7.73. The molecule has 0 atom stereocenters. The van der Waals surface area contributed by atoms with Crippen molar-refractivity contribution in [2.45, 2.75) is 0 Å². The molecule has 0 unspecified atom stereocenters. The van der Waals surface area contributed by atoms with Gasteiger partial charge in [-0.2, -0.15) is 0 Å².